The largest absolute Gasteiger partial charge is 0.457 e. The summed E-state index contributed by atoms with van der Waals surface area (Å²) in [6, 6.07) is 13.3. The average molecular weight is 452 g/mol. The van der Waals surface area contributed by atoms with Crippen LogP contribution in [-0.2, 0) is 6.54 Å². The van der Waals surface area contributed by atoms with E-state index in [1.165, 1.54) is 12.1 Å². The van der Waals surface area contributed by atoms with Crippen molar-refractivity contribution in [2.24, 2.45) is 4.99 Å². The third-order valence-corrected chi connectivity index (χ3v) is 5.04. The molecule has 164 valence electrons. The van der Waals surface area contributed by atoms with Crippen LogP contribution in [0.5, 0.6) is 11.5 Å². The molecule has 1 N–H and O–H groups in total. The van der Waals surface area contributed by atoms with Crippen LogP contribution >= 0.6 is 11.6 Å². The summed E-state index contributed by atoms with van der Waals surface area (Å²) in [5.74, 6) is 0.300. The van der Waals surface area contributed by atoms with Gasteiger partial charge in [0, 0.05) is 43.2 Å². The van der Waals surface area contributed by atoms with Crippen molar-refractivity contribution in [1.82, 2.24) is 10.3 Å². The van der Waals surface area contributed by atoms with Crippen LogP contribution in [0.25, 0.3) is 5.57 Å². The summed E-state index contributed by atoms with van der Waals surface area (Å²) in [6.07, 6.45) is 5.30. The van der Waals surface area contributed by atoms with Gasteiger partial charge in [-0.15, -0.1) is 0 Å². The maximum atomic E-state index is 13.6. The molecular formula is C25H23ClFN3O2. The summed E-state index contributed by atoms with van der Waals surface area (Å²) in [7, 11) is 1.70. The lowest BCUT2D eigenvalue weighted by molar-refractivity contribution is 0.0950. The molecular weight excluding hydrogens is 429 g/mol. The van der Waals surface area contributed by atoms with Crippen molar-refractivity contribution in [3.63, 3.8) is 0 Å². The number of rotatable bonds is 7. The highest BCUT2D eigenvalue weighted by atomic mass is 35.5. The molecule has 0 saturated heterocycles. The number of halogens is 2. The van der Waals surface area contributed by atoms with Crippen LogP contribution in [0.3, 0.4) is 0 Å². The third-order valence-electron chi connectivity index (χ3n) is 4.73. The van der Waals surface area contributed by atoms with E-state index in [9.17, 15) is 9.18 Å². The first-order valence-corrected chi connectivity index (χ1v) is 10.3. The van der Waals surface area contributed by atoms with Crippen molar-refractivity contribution in [3.05, 3.63) is 94.0 Å². The van der Waals surface area contributed by atoms with E-state index in [2.05, 4.69) is 15.3 Å². The van der Waals surface area contributed by atoms with Crippen molar-refractivity contribution < 1.29 is 13.9 Å². The first-order valence-electron chi connectivity index (χ1n) is 9.96. The molecule has 0 radical (unpaired) electrons. The molecule has 1 aromatic heterocycles. The Balaban J connectivity index is 1.75. The number of hydrogen-bond acceptors (Lipinski definition) is 4. The number of aliphatic imine (C=N–C) groups is 1. The zero-order valence-electron chi connectivity index (χ0n) is 18.0. The highest BCUT2D eigenvalue weighted by Crippen LogP contribution is 2.26. The van der Waals surface area contributed by atoms with E-state index in [1.54, 1.807) is 43.7 Å². The van der Waals surface area contributed by atoms with Crippen molar-refractivity contribution in [3.8, 4) is 11.5 Å². The third kappa shape index (κ3) is 5.80. The molecule has 0 atom stereocenters. The fraction of sp³-hybridized carbons (Fsp3) is 0.160. The molecule has 1 heterocycles. The molecule has 3 rings (SSSR count). The van der Waals surface area contributed by atoms with Crippen molar-refractivity contribution in [2.75, 3.05) is 7.05 Å². The molecule has 2 aromatic carbocycles. The topological polar surface area (TPSA) is 63.6 Å². The van der Waals surface area contributed by atoms with Gasteiger partial charge in [0.1, 0.15) is 17.3 Å². The highest BCUT2D eigenvalue weighted by molar-refractivity contribution is 6.30. The Morgan fingerprint density at radius 2 is 1.97 bits per heavy atom. The highest BCUT2D eigenvalue weighted by Gasteiger charge is 2.12. The zero-order chi connectivity index (χ0) is 23.1. The van der Waals surface area contributed by atoms with Gasteiger partial charge in [0.05, 0.1) is 10.7 Å². The van der Waals surface area contributed by atoms with Gasteiger partial charge in [-0.25, -0.2) is 4.39 Å². The maximum Gasteiger partial charge on any atom is 0.251 e. The number of aromatic nitrogens is 1. The number of nitrogens with zero attached hydrogens (tertiary/aromatic N) is 2. The number of pyridine rings is 1. The van der Waals surface area contributed by atoms with Gasteiger partial charge in [0.15, 0.2) is 0 Å². The molecule has 32 heavy (non-hydrogen) atoms. The molecule has 0 aliphatic carbocycles. The van der Waals surface area contributed by atoms with Crippen molar-refractivity contribution in [2.45, 2.75) is 20.4 Å². The van der Waals surface area contributed by atoms with Gasteiger partial charge in [0.2, 0.25) is 0 Å². The summed E-state index contributed by atoms with van der Waals surface area (Å²) >= 11 is 5.71. The summed E-state index contributed by atoms with van der Waals surface area (Å²) < 4.78 is 19.6. The minimum absolute atomic E-state index is 0.0450. The number of amides is 1. The van der Waals surface area contributed by atoms with E-state index >= 15 is 0 Å². The quantitative estimate of drug-likeness (QED) is 0.447. The number of aryl methyl sites for hydroxylation is 1. The Morgan fingerprint density at radius 1 is 1.19 bits per heavy atom. The second-order valence-electron chi connectivity index (χ2n) is 7.02. The van der Waals surface area contributed by atoms with Crippen LogP contribution in [0.4, 0.5) is 4.39 Å². The lowest BCUT2D eigenvalue weighted by Gasteiger charge is -2.12. The maximum absolute atomic E-state index is 13.6. The standard InChI is InChI=1S/C25H23ClFN3O2/c1-4-18(15-28-3)24-13-20(9-10-29-24)32-19-7-5-16(2)21(12-19)25(31)30-14-17-6-8-22(26)23(27)11-17/h4-13,15H,14H2,1-3H3,(H,30,31)/b18-4+,28-15?. The lowest BCUT2D eigenvalue weighted by atomic mass is 10.1. The van der Waals surface area contributed by atoms with Crippen LogP contribution < -0.4 is 10.1 Å². The van der Waals surface area contributed by atoms with Gasteiger partial charge in [-0.2, -0.15) is 0 Å². The van der Waals surface area contributed by atoms with Gasteiger partial charge in [-0.1, -0.05) is 29.8 Å². The van der Waals surface area contributed by atoms with Gasteiger partial charge in [-0.05, 0) is 55.3 Å². The molecule has 5 nitrogen and oxygen atoms in total. The first-order chi connectivity index (χ1) is 15.4. The molecule has 0 spiro atoms. The van der Waals surface area contributed by atoms with Crippen molar-refractivity contribution >= 4 is 29.3 Å². The second-order valence-corrected chi connectivity index (χ2v) is 7.43. The Morgan fingerprint density at radius 3 is 2.69 bits per heavy atom. The van der Waals surface area contributed by atoms with E-state index in [-0.39, 0.29) is 17.5 Å². The van der Waals surface area contributed by atoms with E-state index in [4.69, 9.17) is 16.3 Å². The lowest BCUT2D eigenvalue weighted by Crippen LogP contribution is -2.23. The second kappa shape index (κ2) is 10.7. The van der Waals surface area contributed by atoms with Crippen LogP contribution in [0.15, 0.2) is 65.8 Å². The monoisotopic (exact) mass is 451 g/mol. The SMILES string of the molecule is C/C=C(\C=NC)c1cc(Oc2ccc(C)c(C(=O)NCc3ccc(Cl)c(F)c3)c2)ccn1. The van der Waals surface area contributed by atoms with Gasteiger partial charge in [-0.3, -0.25) is 14.8 Å². The normalized spacial score (nSPS) is 11.6. The summed E-state index contributed by atoms with van der Waals surface area (Å²) in [4.78, 5) is 21.1. The fourth-order valence-corrected chi connectivity index (χ4v) is 3.15. The van der Waals surface area contributed by atoms with Gasteiger partial charge >= 0.3 is 0 Å². The Kier molecular flexibility index (Phi) is 7.73. The summed E-state index contributed by atoms with van der Waals surface area (Å²) in [5, 5.41) is 2.85. The molecule has 0 bridgehead atoms. The predicted molar refractivity (Wildman–Crippen MR) is 126 cm³/mol. The molecule has 7 heteroatoms. The molecule has 0 aliphatic rings. The van der Waals surface area contributed by atoms with Crippen LogP contribution in [0.1, 0.15) is 34.1 Å². The van der Waals surface area contributed by atoms with Crippen LogP contribution in [-0.4, -0.2) is 24.2 Å². The predicted octanol–water partition coefficient (Wildman–Crippen LogP) is 6.01. The van der Waals surface area contributed by atoms with E-state index in [0.717, 1.165) is 16.8 Å². The van der Waals surface area contributed by atoms with E-state index < -0.39 is 5.82 Å². The number of carbonyl (C=O) groups excluding carboxylic acids is 1. The molecule has 0 unspecified atom stereocenters. The molecule has 0 saturated carbocycles. The minimum atomic E-state index is -0.520. The average Bonchev–Trinajstić information content (AvgIpc) is 2.79. The molecule has 0 fully saturated rings. The Hall–Kier alpha value is -3.51. The number of allylic oxidation sites excluding steroid dienone is 2. The number of ether oxygens (including phenoxy) is 1. The summed E-state index contributed by atoms with van der Waals surface area (Å²) in [5.41, 5.74) is 3.49. The number of nitrogens with one attached hydrogen (secondary N) is 1. The van der Waals surface area contributed by atoms with Crippen molar-refractivity contribution in [1.29, 1.82) is 0 Å². The van der Waals surface area contributed by atoms with E-state index in [1.807, 2.05) is 32.1 Å². The van der Waals surface area contributed by atoms with Gasteiger partial charge in [0.25, 0.3) is 5.91 Å². The summed E-state index contributed by atoms with van der Waals surface area (Å²) in [6.45, 7) is 3.93. The number of benzene rings is 2. The van der Waals surface area contributed by atoms with Gasteiger partial charge < -0.3 is 10.1 Å². The van der Waals surface area contributed by atoms with Crippen LogP contribution in [0.2, 0.25) is 5.02 Å². The Labute approximate surface area is 191 Å². The van der Waals surface area contributed by atoms with Crippen LogP contribution in [0, 0.1) is 12.7 Å². The molecule has 1 amide bonds. The first kappa shape index (κ1) is 23.2. The number of hydrogen-bond donors (Lipinski definition) is 1. The fourth-order valence-electron chi connectivity index (χ4n) is 3.03. The minimum Gasteiger partial charge on any atom is -0.457 e. The number of carbonyl (C=O) groups is 1. The zero-order valence-corrected chi connectivity index (χ0v) is 18.8. The Bertz CT molecular complexity index is 1190. The smallest absolute Gasteiger partial charge is 0.251 e. The molecule has 3 aromatic rings. The molecule has 0 aliphatic heterocycles. The van der Waals surface area contributed by atoms with E-state index in [0.29, 0.717) is 22.6 Å².